The van der Waals surface area contributed by atoms with Crippen molar-refractivity contribution in [3.05, 3.63) is 29.8 Å². The first-order chi connectivity index (χ1) is 7.66. The van der Waals surface area contributed by atoms with Crippen molar-refractivity contribution in [1.29, 1.82) is 0 Å². The molecule has 0 bridgehead atoms. The second kappa shape index (κ2) is 6.31. The van der Waals surface area contributed by atoms with Gasteiger partial charge in [-0.25, -0.2) is 0 Å². The van der Waals surface area contributed by atoms with E-state index < -0.39 is 0 Å². The minimum Gasteiger partial charge on any atom is -0.315 e. The van der Waals surface area contributed by atoms with Crippen LogP contribution in [0.4, 0.5) is 5.69 Å². The Balaban J connectivity index is 2.60. The molecule has 0 aliphatic rings. The average molecular weight is 219 g/mol. The largest absolute Gasteiger partial charge is 0.315 e. The molecule has 0 aliphatic heterocycles. The smallest absolute Gasteiger partial charge is 0.226 e. The fourth-order valence-electron chi connectivity index (χ4n) is 1.77. The second-order valence-electron chi connectivity index (χ2n) is 4.20. The third-order valence-corrected chi connectivity index (χ3v) is 2.85. The van der Waals surface area contributed by atoms with E-state index in [0.29, 0.717) is 6.42 Å². The lowest BCUT2D eigenvalue weighted by atomic mass is 10.1. The highest BCUT2D eigenvalue weighted by Gasteiger charge is 2.11. The van der Waals surface area contributed by atoms with Crippen molar-refractivity contribution < 1.29 is 4.79 Å². The van der Waals surface area contributed by atoms with Gasteiger partial charge in [-0.05, 0) is 25.0 Å². The SMILES string of the molecule is CCCCCC(=O)N(C)c1ccccc1C. The number of hydrogen-bond donors (Lipinski definition) is 0. The van der Waals surface area contributed by atoms with Crippen molar-refractivity contribution in [2.45, 2.75) is 39.5 Å². The van der Waals surface area contributed by atoms with Crippen LogP contribution in [-0.4, -0.2) is 13.0 Å². The summed E-state index contributed by atoms with van der Waals surface area (Å²) in [6.07, 6.45) is 3.93. The summed E-state index contributed by atoms with van der Waals surface area (Å²) >= 11 is 0. The summed E-state index contributed by atoms with van der Waals surface area (Å²) in [4.78, 5) is 13.7. The number of rotatable bonds is 5. The molecule has 0 saturated heterocycles. The summed E-state index contributed by atoms with van der Waals surface area (Å²) < 4.78 is 0. The minimum atomic E-state index is 0.211. The van der Waals surface area contributed by atoms with E-state index in [9.17, 15) is 4.79 Å². The van der Waals surface area contributed by atoms with Gasteiger partial charge in [0, 0.05) is 19.2 Å². The van der Waals surface area contributed by atoms with E-state index in [2.05, 4.69) is 6.92 Å². The molecule has 1 rings (SSSR count). The number of para-hydroxylation sites is 1. The number of carbonyl (C=O) groups is 1. The second-order valence-corrected chi connectivity index (χ2v) is 4.20. The number of anilines is 1. The van der Waals surface area contributed by atoms with E-state index in [1.807, 2.05) is 38.2 Å². The monoisotopic (exact) mass is 219 g/mol. The molecule has 1 aromatic rings. The highest BCUT2D eigenvalue weighted by Crippen LogP contribution is 2.19. The summed E-state index contributed by atoms with van der Waals surface area (Å²) in [6.45, 7) is 4.18. The van der Waals surface area contributed by atoms with Gasteiger partial charge in [-0.3, -0.25) is 4.79 Å². The molecular formula is C14H21NO. The first-order valence-electron chi connectivity index (χ1n) is 5.99. The molecule has 0 heterocycles. The van der Waals surface area contributed by atoms with E-state index in [0.717, 1.165) is 30.5 Å². The molecule has 0 atom stereocenters. The lowest BCUT2D eigenvalue weighted by molar-refractivity contribution is -0.118. The van der Waals surface area contributed by atoms with Crippen LogP contribution in [0.15, 0.2) is 24.3 Å². The molecule has 1 aromatic carbocycles. The van der Waals surface area contributed by atoms with Crippen LogP contribution in [0.3, 0.4) is 0 Å². The Morgan fingerprint density at radius 3 is 2.56 bits per heavy atom. The highest BCUT2D eigenvalue weighted by molar-refractivity contribution is 5.93. The maximum absolute atomic E-state index is 11.9. The highest BCUT2D eigenvalue weighted by atomic mass is 16.2. The molecule has 2 nitrogen and oxygen atoms in total. The van der Waals surface area contributed by atoms with Gasteiger partial charge in [-0.2, -0.15) is 0 Å². The normalized spacial score (nSPS) is 10.2. The van der Waals surface area contributed by atoms with Gasteiger partial charge in [0.25, 0.3) is 0 Å². The molecule has 0 fully saturated rings. The topological polar surface area (TPSA) is 20.3 Å². The van der Waals surface area contributed by atoms with Crippen LogP contribution >= 0.6 is 0 Å². The van der Waals surface area contributed by atoms with Crippen LogP contribution < -0.4 is 4.90 Å². The van der Waals surface area contributed by atoms with Crippen molar-refractivity contribution in [3.8, 4) is 0 Å². The average Bonchev–Trinajstić information content (AvgIpc) is 2.29. The number of amides is 1. The van der Waals surface area contributed by atoms with Gasteiger partial charge >= 0.3 is 0 Å². The van der Waals surface area contributed by atoms with Crippen molar-refractivity contribution in [1.82, 2.24) is 0 Å². The van der Waals surface area contributed by atoms with E-state index in [-0.39, 0.29) is 5.91 Å². The van der Waals surface area contributed by atoms with Gasteiger partial charge < -0.3 is 4.90 Å². The summed E-state index contributed by atoms with van der Waals surface area (Å²) in [5.41, 5.74) is 2.16. The Morgan fingerprint density at radius 1 is 1.25 bits per heavy atom. The van der Waals surface area contributed by atoms with Crippen LogP contribution in [0, 0.1) is 6.92 Å². The quantitative estimate of drug-likeness (QED) is 0.694. The maximum atomic E-state index is 11.9. The van der Waals surface area contributed by atoms with Crippen LogP contribution in [0.2, 0.25) is 0 Å². The number of benzene rings is 1. The van der Waals surface area contributed by atoms with Crippen LogP contribution in [0.25, 0.3) is 0 Å². The van der Waals surface area contributed by atoms with Crippen molar-refractivity contribution in [3.63, 3.8) is 0 Å². The number of unbranched alkanes of at least 4 members (excludes halogenated alkanes) is 2. The third-order valence-electron chi connectivity index (χ3n) is 2.85. The third kappa shape index (κ3) is 3.37. The molecule has 0 aliphatic carbocycles. The van der Waals surface area contributed by atoms with Gasteiger partial charge in [-0.1, -0.05) is 38.0 Å². The molecule has 0 unspecified atom stereocenters. The predicted molar refractivity (Wildman–Crippen MR) is 68.7 cm³/mol. The van der Waals surface area contributed by atoms with Gasteiger partial charge in [0.15, 0.2) is 0 Å². The number of aryl methyl sites for hydroxylation is 1. The van der Waals surface area contributed by atoms with Gasteiger partial charge in [0.05, 0.1) is 0 Å². The van der Waals surface area contributed by atoms with Gasteiger partial charge in [0.1, 0.15) is 0 Å². The van der Waals surface area contributed by atoms with Gasteiger partial charge in [0.2, 0.25) is 5.91 Å². The summed E-state index contributed by atoms with van der Waals surface area (Å²) in [5, 5.41) is 0. The first-order valence-corrected chi connectivity index (χ1v) is 5.99. The number of nitrogens with zero attached hydrogens (tertiary/aromatic N) is 1. The zero-order chi connectivity index (χ0) is 12.0. The predicted octanol–water partition coefficient (Wildman–Crippen LogP) is 3.54. The molecule has 1 amide bonds. The first kappa shape index (κ1) is 12.8. The summed E-state index contributed by atoms with van der Waals surface area (Å²) in [7, 11) is 1.86. The lowest BCUT2D eigenvalue weighted by Gasteiger charge is -2.19. The Morgan fingerprint density at radius 2 is 1.94 bits per heavy atom. The lowest BCUT2D eigenvalue weighted by Crippen LogP contribution is -2.26. The molecule has 2 heteroatoms. The van der Waals surface area contributed by atoms with Crippen molar-refractivity contribution >= 4 is 11.6 Å². The zero-order valence-electron chi connectivity index (χ0n) is 10.5. The van der Waals surface area contributed by atoms with Crippen LogP contribution in [0.1, 0.15) is 38.2 Å². The van der Waals surface area contributed by atoms with Crippen molar-refractivity contribution in [2.75, 3.05) is 11.9 Å². The Kier molecular flexibility index (Phi) is 5.03. The Hall–Kier alpha value is -1.31. The molecule has 0 aromatic heterocycles. The number of hydrogen-bond acceptors (Lipinski definition) is 1. The molecule has 16 heavy (non-hydrogen) atoms. The Labute approximate surface area is 98.3 Å². The van der Waals surface area contributed by atoms with E-state index in [4.69, 9.17) is 0 Å². The zero-order valence-corrected chi connectivity index (χ0v) is 10.5. The molecule has 0 saturated carbocycles. The fourth-order valence-corrected chi connectivity index (χ4v) is 1.77. The molecule has 0 spiro atoms. The fraction of sp³-hybridized carbons (Fsp3) is 0.500. The molecule has 0 N–H and O–H groups in total. The van der Waals surface area contributed by atoms with Crippen LogP contribution in [-0.2, 0) is 4.79 Å². The van der Waals surface area contributed by atoms with Crippen molar-refractivity contribution in [2.24, 2.45) is 0 Å². The molecule has 0 radical (unpaired) electrons. The minimum absolute atomic E-state index is 0.211. The standard InChI is InChI=1S/C14H21NO/c1-4-5-6-11-14(16)15(3)13-10-8-7-9-12(13)2/h7-10H,4-6,11H2,1-3H3. The summed E-state index contributed by atoms with van der Waals surface area (Å²) in [5.74, 6) is 0.211. The van der Waals surface area contributed by atoms with Crippen LogP contribution in [0.5, 0.6) is 0 Å². The van der Waals surface area contributed by atoms with E-state index >= 15 is 0 Å². The number of carbonyl (C=O) groups excluding carboxylic acids is 1. The molecular weight excluding hydrogens is 198 g/mol. The van der Waals surface area contributed by atoms with E-state index in [1.54, 1.807) is 4.90 Å². The van der Waals surface area contributed by atoms with E-state index in [1.165, 1.54) is 0 Å². The van der Waals surface area contributed by atoms with Gasteiger partial charge in [-0.15, -0.1) is 0 Å². The maximum Gasteiger partial charge on any atom is 0.226 e. The Bertz CT molecular complexity index is 346. The molecule has 88 valence electrons. The summed E-state index contributed by atoms with van der Waals surface area (Å²) in [6, 6.07) is 7.99.